The summed E-state index contributed by atoms with van der Waals surface area (Å²) >= 11 is 0. The minimum absolute atomic E-state index is 0.0791. The average molecular weight is 558 g/mol. The van der Waals surface area contributed by atoms with Crippen molar-refractivity contribution < 1.29 is 56.0 Å². The second-order valence-corrected chi connectivity index (χ2v) is 12.3. The van der Waals surface area contributed by atoms with E-state index in [0.29, 0.717) is 30.4 Å². The highest BCUT2D eigenvalue weighted by molar-refractivity contribution is 7.66. The summed E-state index contributed by atoms with van der Waals surface area (Å²) in [7, 11) is -15.9. The highest BCUT2D eigenvalue weighted by Crippen LogP contribution is 2.66. The zero-order valence-corrected chi connectivity index (χ0v) is 22.0. The molecule has 0 fully saturated rings. The molecule has 0 amide bonds. The third kappa shape index (κ3) is 16.4. The first-order valence-electron chi connectivity index (χ1n) is 11.2. The van der Waals surface area contributed by atoms with E-state index in [-0.39, 0.29) is 12.4 Å². The van der Waals surface area contributed by atoms with Gasteiger partial charge in [0.05, 0.1) is 6.61 Å². The smallest absolute Gasteiger partial charge is 0.302 e. The number of aldehydes is 1. The fourth-order valence-electron chi connectivity index (χ4n) is 3.18. The molecule has 2 unspecified atom stereocenters. The number of ketones is 1. The fraction of sp³-hybridized carbons (Fsp3) is 0.600. The lowest BCUT2D eigenvalue weighted by Crippen LogP contribution is -1.99. The molecule has 0 aromatic heterocycles. The Bertz CT molecular complexity index is 928. The van der Waals surface area contributed by atoms with Gasteiger partial charge in [0.15, 0.2) is 5.78 Å². The van der Waals surface area contributed by atoms with E-state index in [0.717, 1.165) is 57.7 Å². The van der Waals surface area contributed by atoms with E-state index in [1.165, 1.54) is 0 Å². The van der Waals surface area contributed by atoms with Crippen LogP contribution in [0.15, 0.2) is 24.3 Å². The van der Waals surface area contributed by atoms with Crippen LogP contribution < -0.4 is 0 Å². The number of phosphoric acid groups is 3. The van der Waals surface area contributed by atoms with Crippen LogP contribution in [-0.4, -0.2) is 38.2 Å². The van der Waals surface area contributed by atoms with E-state index < -0.39 is 23.5 Å². The molecule has 0 saturated heterocycles. The number of carbonyl (C=O) groups excluding carboxylic acids is 2. The van der Waals surface area contributed by atoms with Crippen molar-refractivity contribution in [1.29, 1.82) is 0 Å². The molecule has 35 heavy (non-hydrogen) atoms. The minimum Gasteiger partial charge on any atom is -0.302 e. The van der Waals surface area contributed by atoms with Crippen molar-refractivity contribution in [3.8, 4) is 0 Å². The summed E-state index contributed by atoms with van der Waals surface area (Å²) in [5.74, 6) is 0.0791. The lowest BCUT2D eigenvalue weighted by atomic mass is 10.0. The van der Waals surface area contributed by atoms with Gasteiger partial charge < -0.3 is 19.6 Å². The van der Waals surface area contributed by atoms with Crippen LogP contribution in [-0.2, 0) is 26.8 Å². The Hall–Kier alpha value is -1.03. The molecule has 1 rings (SSSR count). The van der Waals surface area contributed by atoms with Crippen LogP contribution in [0.3, 0.4) is 0 Å². The predicted octanol–water partition coefficient (Wildman–Crippen LogP) is 5.32. The maximum absolute atomic E-state index is 12.1. The van der Waals surface area contributed by atoms with E-state index in [2.05, 4.69) is 13.1 Å². The number of Topliss-reactive ketones (excluding diaryl/α,β-unsaturated/α-hetero) is 1. The zero-order chi connectivity index (χ0) is 26.4. The van der Waals surface area contributed by atoms with Crippen molar-refractivity contribution in [3.05, 3.63) is 35.4 Å². The molecule has 15 heteroatoms. The number of carbonyl (C=O) groups is 2. The SMILES string of the molecule is O=Cc1ccc(C(=O)CCCCCCCCCCCCOP(=O)(O)OP(=O)(O)OP(=O)(O)O)cc1. The van der Waals surface area contributed by atoms with Gasteiger partial charge in [-0.25, -0.2) is 13.7 Å². The summed E-state index contributed by atoms with van der Waals surface area (Å²) in [6.07, 6.45) is 10.1. The van der Waals surface area contributed by atoms with Gasteiger partial charge in [0, 0.05) is 17.5 Å². The molecule has 200 valence electrons. The quantitative estimate of drug-likeness (QED) is 0.0698. The van der Waals surface area contributed by atoms with Gasteiger partial charge in [-0.3, -0.25) is 14.1 Å². The molecule has 12 nitrogen and oxygen atoms in total. The minimum atomic E-state index is -5.47. The molecule has 0 saturated carbocycles. The van der Waals surface area contributed by atoms with Crippen molar-refractivity contribution in [1.82, 2.24) is 0 Å². The van der Waals surface area contributed by atoms with Crippen LogP contribution in [0.2, 0.25) is 0 Å². The van der Waals surface area contributed by atoms with Gasteiger partial charge in [0.25, 0.3) is 0 Å². The first-order valence-corrected chi connectivity index (χ1v) is 15.7. The zero-order valence-electron chi connectivity index (χ0n) is 19.3. The van der Waals surface area contributed by atoms with Crippen molar-refractivity contribution in [2.75, 3.05) is 6.61 Å². The van der Waals surface area contributed by atoms with Crippen LogP contribution in [0, 0.1) is 0 Å². The Morgan fingerprint density at radius 3 is 1.69 bits per heavy atom. The third-order valence-electron chi connectivity index (χ3n) is 4.84. The van der Waals surface area contributed by atoms with Gasteiger partial charge in [-0.1, -0.05) is 75.6 Å². The van der Waals surface area contributed by atoms with E-state index in [9.17, 15) is 28.2 Å². The van der Waals surface area contributed by atoms with Gasteiger partial charge in [-0.2, -0.15) is 8.62 Å². The summed E-state index contributed by atoms with van der Waals surface area (Å²) in [6.45, 7) is -0.246. The number of unbranched alkanes of at least 4 members (excludes halogenated alkanes) is 9. The molecule has 0 spiro atoms. The Morgan fingerprint density at radius 2 is 1.20 bits per heavy atom. The molecule has 0 aliphatic rings. The van der Waals surface area contributed by atoms with E-state index >= 15 is 0 Å². The fourth-order valence-corrected chi connectivity index (χ4v) is 6.23. The molecule has 0 heterocycles. The highest BCUT2D eigenvalue weighted by atomic mass is 31.3. The number of phosphoric ester groups is 1. The average Bonchev–Trinajstić information content (AvgIpc) is 2.74. The third-order valence-corrected chi connectivity index (χ3v) is 8.67. The number of rotatable bonds is 20. The van der Waals surface area contributed by atoms with Crippen LogP contribution in [0.4, 0.5) is 0 Å². The van der Waals surface area contributed by atoms with Crippen LogP contribution >= 0.6 is 23.5 Å². The highest BCUT2D eigenvalue weighted by Gasteiger charge is 2.40. The molecular formula is C20H33O12P3. The molecule has 1 aromatic carbocycles. The lowest BCUT2D eigenvalue weighted by molar-refractivity contribution is 0.0978. The first kappa shape index (κ1) is 32.0. The Balaban J connectivity index is 2.00. The molecule has 4 N–H and O–H groups in total. The first-order chi connectivity index (χ1) is 16.3. The van der Waals surface area contributed by atoms with Crippen LogP contribution in [0.25, 0.3) is 0 Å². The summed E-state index contributed by atoms with van der Waals surface area (Å²) in [5.41, 5.74) is 1.17. The molecule has 0 aliphatic heterocycles. The van der Waals surface area contributed by atoms with Crippen LogP contribution in [0.1, 0.15) is 91.3 Å². The maximum Gasteiger partial charge on any atom is 0.490 e. The lowest BCUT2D eigenvalue weighted by Gasteiger charge is -2.16. The van der Waals surface area contributed by atoms with Crippen molar-refractivity contribution in [2.24, 2.45) is 0 Å². The summed E-state index contributed by atoms with van der Waals surface area (Å²) in [4.78, 5) is 58.0. The van der Waals surface area contributed by atoms with E-state index in [1.54, 1.807) is 24.3 Å². The van der Waals surface area contributed by atoms with Gasteiger partial charge in [0.2, 0.25) is 0 Å². The van der Waals surface area contributed by atoms with Crippen LogP contribution in [0.5, 0.6) is 0 Å². The topological polar surface area (TPSA) is 194 Å². The number of hydrogen-bond donors (Lipinski definition) is 4. The molecule has 0 aliphatic carbocycles. The summed E-state index contributed by atoms with van der Waals surface area (Å²) in [6, 6.07) is 6.62. The Labute approximate surface area is 204 Å². The molecular weight excluding hydrogens is 525 g/mol. The summed E-state index contributed by atoms with van der Waals surface area (Å²) in [5, 5.41) is 0. The largest absolute Gasteiger partial charge is 0.490 e. The second-order valence-electron chi connectivity index (χ2n) is 7.87. The van der Waals surface area contributed by atoms with Crippen molar-refractivity contribution in [3.63, 3.8) is 0 Å². The Kier molecular flexibility index (Phi) is 14.6. The van der Waals surface area contributed by atoms with E-state index in [1.807, 2.05) is 0 Å². The van der Waals surface area contributed by atoms with Crippen molar-refractivity contribution in [2.45, 2.75) is 70.6 Å². The van der Waals surface area contributed by atoms with Gasteiger partial charge >= 0.3 is 23.5 Å². The van der Waals surface area contributed by atoms with Crippen molar-refractivity contribution >= 4 is 35.5 Å². The number of benzene rings is 1. The summed E-state index contributed by atoms with van der Waals surface area (Å²) < 4.78 is 45.1. The van der Waals surface area contributed by atoms with Gasteiger partial charge in [0.1, 0.15) is 6.29 Å². The van der Waals surface area contributed by atoms with E-state index in [4.69, 9.17) is 14.7 Å². The predicted molar refractivity (Wildman–Crippen MR) is 127 cm³/mol. The Morgan fingerprint density at radius 1 is 0.714 bits per heavy atom. The maximum atomic E-state index is 12.1. The molecule has 0 bridgehead atoms. The van der Waals surface area contributed by atoms with Gasteiger partial charge in [-0.15, -0.1) is 0 Å². The molecule has 0 radical (unpaired) electrons. The molecule has 2 atom stereocenters. The monoisotopic (exact) mass is 558 g/mol. The second kappa shape index (κ2) is 15.9. The molecule has 1 aromatic rings. The van der Waals surface area contributed by atoms with Gasteiger partial charge in [-0.05, 0) is 12.8 Å². The normalized spacial score (nSPS) is 15.3. The standard InChI is InChI=1S/C20H33O12P3/c21-17-18-12-14-19(15-13-18)20(22)11-9-7-5-3-1-2-4-6-8-10-16-30-34(26,27)32-35(28,29)31-33(23,24)25/h12-15,17H,1-11,16H2,(H,26,27)(H,28,29)(H2,23,24,25). The number of hydrogen-bond acceptors (Lipinski definition) is 8.